The molecule has 0 atom stereocenters. The summed E-state index contributed by atoms with van der Waals surface area (Å²) in [4.78, 5) is 25.3. The Labute approximate surface area is 171 Å². The molecule has 0 aliphatic carbocycles. The van der Waals surface area contributed by atoms with Crippen LogP contribution in [0.15, 0.2) is 76.9 Å². The Morgan fingerprint density at radius 1 is 1.03 bits per heavy atom. The predicted molar refractivity (Wildman–Crippen MR) is 113 cm³/mol. The number of nitrogens with zero attached hydrogens (tertiary/aromatic N) is 3. The van der Waals surface area contributed by atoms with Crippen LogP contribution in [0.1, 0.15) is 5.56 Å². The molecule has 1 saturated heterocycles. The predicted octanol–water partition coefficient (Wildman–Crippen LogP) is 4.81. The molecule has 1 fully saturated rings. The fourth-order valence-electron chi connectivity index (χ4n) is 2.58. The normalized spacial score (nSPS) is 16.1. The number of amides is 1. The van der Waals surface area contributed by atoms with E-state index >= 15 is 0 Å². The quantitative estimate of drug-likeness (QED) is 0.657. The van der Waals surface area contributed by atoms with E-state index in [1.165, 1.54) is 0 Å². The van der Waals surface area contributed by atoms with E-state index in [0.29, 0.717) is 27.9 Å². The number of thioether (sulfide) groups is 1. The van der Waals surface area contributed by atoms with Crippen LogP contribution >= 0.6 is 11.8 Å². The molecule has 1 N–H and O–H groups in total. The minimum Gasteiger partial charge on any atom is -0.497 e. The number of hydrogen-bond acceptors (Lipinski definition) is 7. The van der Waals surface area contributed by atoms with Gasteiger partial charge in [0.05, 0.1) is 17.7 Å². The zero-order valence-electron chi connectivity index (χ0n) is 15.4. The van der Waals surface area contributed by atoms with Crippen LogP contribution < -0.4 is 14.8 Å². The number of ether oxygens (including phenoxy) is 2. The van der Waals surface area contributed by atoms with Crippen molar-refractivity contribution in [1.82, 2.24) is 15.3 Å². The van der Waals surface area contributed by atoms with E-state index in [-0.39, 0.29) is 11.2 Å². The molecule has 1 aliphatic rings. The zero-order chi connectivity index (χ0) is 20.1. The summed E-state index contributed by atoms with van der Waals surface area (Å²) in [6.07, 6.45) is 5.10. The second-order valence-electron chi connectivity index (χ2n) is 5.89. The van der Waals surface area contributed by atoms with E-state index in [9.17, 15) is 4.79 Å². The van der Waals surface area contributed by atoms with Crippen molar-refractivity contribution in [3.63, 3.8) is 0 Å². The van der Waals surface area contributed by atoms with Gasteiger partial charge in [0, 0.05) is 18.5 Å². The first kappa shape index (κ1) is 18.7. The summed E-state index contributed by atoms with van der Waals surface area (Å²) in [5, 5.41) is 2.60. The fourth-order valence-corrected chi connectivity index (χ4v) is 3.32. The molecule has 0 saturated carbocycles. The lowest BCUT2D eigenvalue weighted by molar-refractivity contribution is 0.265. The maximum atomic E-state index is 11.9. The number of carbonyl (C=O) groups is 1. The molecular formula is C21H16N4O3S. The number of amidine groups is 1. The van der Waals surface area contributed by atoms with E-state index < -0.39 is 0 Å². The Hall–Kier alpha value is -3.65. The second-order valence-corrected chi connectivity index (χ2v) is 6.91. The molecule has 0 bridgehead atoms. The molecule has 1 aromatic heterocycles. The van der Waals surface area contributed by atoms with Gasteiger partial charge in [0.15, 0.2) is 0 Å². The van der Waals surface area contributed by atoms with Gasteiger partial charge < -0.3 is 14.8 Å². The van der Waals surface area contributed by atoms with Gasteiger partial charge in [0.25, 0.3) is 5.24 Å². The molecule has 144 valence electrons. The van der Waals surface area contributed by atoms with Gasteiger partial charge in [-0.05, 0) is 53.7 Å². The third-order valence-corrected chi connectivity index (χ3v) is 4.68. The number of methoxy groups -OCH3 is 1. The van der Waals surface area contributed by atoms with Crippen LogP contribution in [0.5, 0.6) is 17.5 Å². The highest BCUT2D eigenvalue weighted by atomic mass is 32.2. The number of benzene rings is 2. The molecule has 2 heterocycles. The van der Waals surface area contributed by atoms with Gasteiger partial charge in [0.2, 0.25) is 0 Å². The summed E-state index contributed by atoms with van der Waals surface area (Å²) in [6.45, 7) is 0. The number of aromatic nitrogens is 2. The summed E-state index contributed by atoms with van der Waals surface area (Å²) in [7, 11) is 1.60. The SMILES string of the molecule is COc1cccc(N=C2NC(=O)SC2=Cc2cccc(Oc3ncccn3)c2)c1. The average molecular weight is 404 g/mol. The third kappa shape index (κ3) is 4.80. The van der Waals surface area contributed by atoms with Gasteiger partial charge in [0.1, 0.15) is 17.3 Å². The van der Waals surface area contributed by atoms with Gasteiger partial charge in [-0.15, -0.1) is 0 Å². The number of aliphatic imine (C=N–C) groups is 1. The van der Waals surface area contributed by atoms with E-state index in [1.807, 2.05) is 48.5 Å². The lowest BCUT2D eigenvalue weighted by Crippen LogP contribution is -2.18. The molecule has 29 heavy (non-hydrogen) atoms. The van der Waals surface area contributed by atoms with E-state index in [0.717, 1.165) is 17.3 Å². The first-order valence-corrected chi connectivity index (χ1v) is 9.50. The summed E-state index contributed by atoms with van der Waals surface area (Å²) in [5.74, 6) is 1.78. The molecule has 0 spiro atoms. The maximum absolute atomic E-state index is 11.9. The van der Waals surface area contributed by atoms with Crippen molar-refractivity contribution in [2.24, 2.45) is 4.99 Å². The molecule has 1 amide bonds. The molecule has 7 nitrogen and oxygen atoms in total. The summed E-state index contributed by atoms with van der Waals surface area (Å²) >= 11 is 1.09. The number of nitrogens with one attached hydrogen (secondary N) is 1. The molecular weight excluding hydrogens is 388 g/mol. The lowest BCUT2D eigenvalue weighted by atomic mass is 10.2. The summed E-state index contributed by atoms with van der Waals surface area (Å²) < 4.78 is 10.9. The van der Waals surface area contributed by atoms with E-state index in [2.05, 4.69) is 20.3 Å². The number of carbonyl (C=O) groups excluding carboxylic acids is 1. The first-order valence-electron chi connectivity index (χ1n) is 8.68. The highest BCUT2D eigenvalue weighted by molar-refractivity contribution is 8.18. The van der Waals surface area contributed by atoms with Crippen LogP contribution in [-0.4, -0.2) is 28.2 Å². The Morgan fingerprint density at radius 2 is 1.83 bits per heavy atom. The van der Waals surface area contributed by atoms with Crippen molar-refractivity contribution in [2.75, 3.05) is 7.11 Å². The van der Waals surface area contributed by atoms with Crippen molar-refractivity contribution in [3.05, 3.63) is 77.5 Å². The lowest BCUT2D eigenvalue weighted by Gasteiger charge is -2.05. The van der Waals surface area contributed by atoms with Crippen molar-refractivity contribution in [3.8, 4) is 17.5 Å². The molecule has 8 heteroatoms. The van der Waals surface area contributed by atoms with Gasteiger partial charge in [-0.2, -0.15) is 0 Å². The molecule has 4 rings (SSSR count). The molecule has 2 aromatic carbocycles. The Morgan fingerprint density at radius 3 is 2.66 bits per heavy atom. The fraction of sp³-hybridized carbons (Fsp3) is 0.0476. The largest absolute Gasteiger partial charge is 0.497 e. The molecule has 1 aliphatic heterocycles. The number of rotatable bonds is 5. The topological polar surface area (TPSA) is 85.7 Å². The van der Waals surface area contributed by atoms with Crippen molar-refractivity contribution < 1.29 is 14.3 Å². The molecule has 3 aromatic rings. The Bertz CT molecular complexity index is 1100. The van der Waals surface area contributed by atoms with Crippen LogP contribution in [0.4, 0.5) is 10.5 Å². The van der Waals surface area contributed by atoms with Crippen LogP contribution in [0.3, 0.4) is 0 Å². The molecule has 0 unspecified atom stereocenters. The highest BCUT2D eigenvalue weighted by Gasteiger charge is 2.23. The third-order valence-electron chi connectivity index (χ3n) is 3.86. The van der Waals surface area contributed by atoms with Crippen LogP contribution in [-0.2, 0) is 0 Å². The van der Waals surface area contributed by atoms with Crippen molar-refractivity contribution in [2.45, 2.75) is 0 Å². The highest BCUT2D eigenvalue weighted by Crippen LogP contribution is 2.30. The van der Waals surface area contributed by atoms with Crippen molar-refractivity contribution >= 4 is 34.6 Å². The zero-order valence-corrected chi connectivity index (χ0v) is 16.2. The minimum absolute atomic E-state index is 0.178. The average Bonchev–Trinajstić information content (AvgIpc) is 3.07. The Balaban J connectivity index is 1.61. The van der Waals surface area contributed by atoms with E-state index in [4.69, 9.17) is 9.47 Å². The summed E-state index contributed by atoms with van der Waals surface area (Å²) in [6, 6.07) is 16.7. The van der Waals surface area contributed by atoms with Gasteiger partial charge in [-0.3, -0.25) is 4.79 Å². The standard InChI is InChI=1S/C21H16N4O3S/c1-27-16-7-3-6-15(13-16)24-19-18(29-21(26)25-19)12-14-5-2-8-17(11-14)28-20-22-9-4-10-23-20/h2-13H,1H3,(H,24,25,26). The molecule has 0 radical (unpaired) electrons. The monoisotopic (exact) mass is 404 g/mol. The van der Waals surface area contributed by atoms with Crippen LogP contribution in [0.2, 0.25) is 0 Å². The first-order chi connectivity index (χ1) is 14.2. The second kappa shape index (κ2) is 8.57. The van der Waals surface area contributed by atoms with Crippen LogP contribution in [0, 0.1) is 0 Å². The van der Waals surface area contributed by atoms with Gasteiger partial charge in [-0.1, -0.05) is 18.2 Å². The van der Waals surface area contributed by atoms with Gasteiger partial charge >= 0.3 is 6.01 Å². The minimum atomic E-state index is -0.178. The summed E-state index contributed by atoms with van der Waals surface area (Å²) in [5.41, 5.74) is 1.54. The van der Waals surface area contributed by atoms with Crippen LogP contribution in [0.25, 0.3) is 6.08 Å². The van der Waals surface area contributed by atoms with Crippen molar-refractivity contribution in [1.29, 1.82) is 0 Å². The van der Waals surface area contributed by atoms with E-state index in [1.54, 1.807) is 31.6 Å². The number of hydrogen-bond donors (Lipinski definition) is 1. The maximum Gasteiger partial charge on any atom is 0.321 e. The smallest absolute Gasteiger partial charge is 0.321 e. The van der Waals surface area contributed by atoms with Gasteiger partial charge in [-0.25, -0.2) is 15.0 Å². The Kier molecular flexibility index (Phi) is 5.53.